The molecule has 0 amide bonds. The zero-order chi connectivity index (χ0) is 15.4. The second-order valence-electron chi connectivity index (χ2n) is 4.41. The van der Waals surface area contributed by atoms with Gasteiger partial charge in [-0.15, -0.1) is 0 Å². The average molecular weight is 324 g/mol. The zero-order valence-electron chi connectivity index (χ0n) is 11.3. The lowest BCUT2D eigenvalue weighted by atomic mass is 10.1. The fraction of sp³-hybridized carbons (Fsp3) is 0.133. The van der Waals surface area contributed by atoms with Crippen molar-refractivity contribution in [1.82, 2.24) is 0 Å². The highest BCUT2D eigenvalue weighted by atomic mass is 32.2. The molecule has 110 valence electrons. The maximum absolute atomic E-state index is 12.6. The van der Waals surface area contributed by atoms with Gasteiger partial charge >= 0.3 is 0 Å². The number of alkyl halides is 2. The third kappa shape index (κ3) is 4.15. The summed E-state index contributed by atoms with van der Waals surface area (Å²) < 4.78 is 25.2. The fourth-order valence-corrected chi connectivity index (χ4v) is 2.65. The molecule has 0 saturated carbocycles. The lowest BCUT2D eigenvalue weighted by molar-refractivity contribution is 0.252. The van der Waals surface area contributed by atoms with Crippen LogP contribution in [0.4, 0.5) is 20.2 Å². The van der Waals surface area contributed by atoms with Crippen LogP contribution in [0.3, 0.4) is 0 Å². The van der Waals surface area contributed by atoms with Crippen molar-refractivity contribution in [3.8, 4) is 0 Å². The Hall–Kier alpha value is -1.66. The highest BCUT2D eigenvalue weighted by molar-refractivity contribution is 7.99. The summed E-state index contributed by atoms with van der Waals surface area (Å²) in [5.74, 6) is -2.47. The first-order chi connectivity index (χ1) is 9.97. The first kappa shape index (κ1) is 15.7. The van der Waals surface area contributed by atoms with Crippen molar-refractivity contribution in [2.75, 3.05) is 5.32 Å². The monoisotopic (exact) mass is 324 g/mol. The normalized spacial score (nSPS) is 10.7. The minimum absolute atomic E-state index is 0.264. The van der Waals surface area contributed by atoms with E-state index in [4.69, 9.17) is 18.0 Å². The summed E-state index contributed by atoms with van der Waals surface area (Å²) in [7, 11) is 0. The number of aryl methyl sites for hydroxylation is 1. The zero-order valence-corrected chi connectivity index (χ0v) is 12.9. The van der Waals surface area contributed by atoms with Crippen LogP contribution in [0, 0.1) is 6.92 Å². The molecule has 2 rings (SSSR count). The van der Waals surface area contributed by atoms with Gasteiger partial charge in [0.2, 0.25) is 0 Å². The van der Waals surface area contributed by atoms with E-state index in [9.17, 15) is 8.78 Å². The van der Waals surface area contributed by atoms with E-state index in [2.05, 4.69) is 5.32 Å². The van der Waals surface area contributed by atoms with E-state index < -0.39 is 5.76 Å². The van der Waals surface area contributed by atoms with Crippen molar-refractivity contribution in [1.29, 1.82) is 0 Å². The number of hydrogen-bond acceptors (Lipinski definition) is 3. The van der Waals surface area contributed by atoms with Gasteiger partial charge in [0, 0.05) is 16.1 Å². The van der Waals surface area contributed by atoms with Crippen LogP contribution >= 0.6 is 24.0 Å². The molecular weight excluding hydrogens is 310 g/mol. The minimum atomic E-state index is -2.47. The van der Waals surface area contributed by atoms with Crippen molar-refractivity contribution >= 4 is 40.3 Å². The molecule has 0 saturated heterocycles. The topological polar surface area (TPSA) is 38.0 Å². The van der Waals surface area contributed by atoms with E-state index in [0.717, 1.165) is 5.56 Å². The average Bonchev–Trinajstić information content (AvgIpc) is 2.42. The van der Waals surface area contributed by atoms with E-state index in [-0.39, 0.29) is 4.99 Å². The molecule has 0 aliphatic rings. The molecule has 2 nitrogen and oxygen atoms in total. The van der Waals surface area contributed by atoms with Gasteiger partial charge in [-0.25, -0.2) is 0 Å². The van der Waals surface area contributed by atoms with Gasteiger partial charge in [-0.2, -0.15) is 8.78 Å². The molecule has 21 heavy (non-hydrogen) atoms. The van der Waals surface area contributed by atoms with Crippen LogP contribution in [0.1, 0.15) is 11.1 Å². The molecule has 0 radical (unpaired) electrons. The van der Waals surface area contributed by atoms with Crippen LogP contribution in [-0.2, 0) is 0 Å². The number of hydrogen-bond donors (Lipinski definition) is 2. The van der Waals surface area contributed by atoms with E-state index in [0.29, 0.717) is 33.6 Å². The van der Waals surface area contributed by atoms with Gasteiger partial charge in [0.1, 0.15) is 4.99 Å². The Morgan fingerprint density at radius 1 is 1.19 bits per heavy atom. The smallest absolute Gasteiger partial charge is 0.288 e. The number of thioether (sulfide) groups is 1. The third-order valence-electron chi connectivity index (χ3n) is 2.81. The van der Waals surface area contributed by atoms with E-state index in [1.165, 1.54) is 0 Å². The lowest BCUT2D eigenvalue weighted by Gasteiger charge is -2.15. The number of rotatable bonds is 5. The Morgan fingerprint density at radius 3 is 2.57 bits per heavy atom. The minimum Gasteiger partial charge on any atom is -0.389 e. The molecule has 0 fully saturated rings. The van der Waals surface area contributed by atoms with E-state index >= 15 is 0 Å². The van der Waals surface area contributed by atoms with E-state index in [1.54, 1.807) is 24.3 Å². The number of para-hydroxylation sites is 1. The highest BCUT2D eigenvalue weighted by Gasteiger charge is 2.12. The third-order valence-corrected chi connectivity index (χ3v) is 3.82. The first-order valence-electron chi connectivity index (χ1n) is 6.18. The second kappa shape index (κ2) is 6.87. The molecule has 3 N–H and O–H groups in total. The predicted molar refractivity (Wildman–Crippen MR) is 88.7 cm³/mol. The number of thiocarbonyl (C=S) groups is 1. The fourth-order valence-electron chi connectivity index (χ4n) is 1.88. The van der Waals surface area contributed by atoms with Crippen molar-refractivity contribution < 1.29 is 8.78 Å². The molecular formula is C15H14F2N2S2. The van der Waals surface area contributed by atoms with Crippen LogP contribution in [0.25, 0.3) is 0 Å². The summed E-state index contributed by atoms with van der Waals surface area (Å²) in [5, 5.41) is 3.13. The van der Waals surface area contributed by atoms with Crippen molar-refractivity contribution in [2.24, 2.45) is 5.73 Å². The molecule has 0 aliphatic carbocycles. The molecule has 2 aromatic carbocycles. The Labute approximate surface area is 131 Å². The summed E-state index contributed by atoms with van der Waals surface area (Å²) in [6.45, 7) is 1.94. The maximum atomic E-state index is 12.6. The summed E-state index contributed by atoms with van der Waals surface area (Å²) in [6.07, 6.45) is 0. The SMILES string of the molecule is Cc1ccc(Nc2ccccc2SC(F)F)c(C(N)=S)c1. The van der Waals surface area contributed by atoms with Gasteiger partial charge in [0.15, 0.2) is 0 Å². The summed E-state index contributed by atoms with van der Waals surface area (Å²) in [4.78, 5) is 0.738. The van der Waals surface area contributed by atoms with Gasteiger partial charge in [-0.1, -0.05) is 47.7 Å². The number of benzene rings is 2. The molecule has 2 aromatic rings. The Bertz CT molecular complexity index is 660. The van der Waals surface area contributed by atoms with Gasteiger partial charge in [0.05, 0.1) is 5.69 Å². The molecule has 0 bridgehead atoms. The number of nitrogens with two attached hydrogens (primary N) is 1. The number of anilines is 2. The van der Waals surface area contributed by atoms with Gasteiger partial charge in [0.25, 0.3) is 5.76 Å². The van der Waals surface area contributed by atoms with Crippen LogP contribution in [-0.4, -0.2) is 10.7 Å². The summed E-state index contributed by atoms with van der Waals surface area (Å²) >= 11 is 5.54. The molecule has 0 heterocycles. The molecule has 0 aliphatic heterocycles. The molecule has 0 unspecified atom stereocenters. The van der Waals surface area contributed by atoms with Gasteiger partial charge in [-0.05, 0) is 31.2 Å². The quantitative estimate of drug-likeness (QED) is 0.618. The van der Waals surface area contributed by atoms with E-state index in [1.807, 2.05) is 25.1 Å². The van der Waals surface area contributed by atoms with Crippen LogP contribution in [0.15, 0.2) is 47.4 Å². The van der Waals surface area contributed by atoms with Crippen molar-refractivity contribution in [3.05, 3.63) is 53.6 Å². The van der Waals surface area contributed by atoms with Crippen LogP contribution < -0.4 is 11.1 Å². The standard InChI is InChI=1S/C15H14F2N2S2/c1-9-6-7-11(10(8-9)14(18)20)19-12-4-2-3-5-13(12)21-15(16)17/h2-8,15,19H,1H3,(H2,18,20). The van der Waals surface area contributed by atoms with Crippen LogP contribution in [0.5, 0.6) is 0 Å². The Morgan fingerprint density at radius 2 is 1.90 bits per heavy atom. The lowest BCUT2D eigenvalue weighted by Crippen LogP contribution is -2.12. The van der Waals surface area contributed by atoms with Crippen molar-refractivity contribution in [3.63, 3.8) is 0 Å². The summed E-state index contributed by atoms with van der Waals surface area (Å²) in [5.41, 5.74) is 8.75. The highest BCUT2D eigenvalue weighted by Crippen LogP contribution is 2.34. The summed E-state index contributed by atoms with van der Waals surface area (Å²) in [6, 6.07) is 12.5. The second-order valence-corrected chi connectivity index (χ2v) is 5.88. The largest absolute Gasteiger partial charge is 0.389 e. The Balaban J connectivity index is 2.37. The molecule has 0 aromatic heterocycles. The van der Waals surface area contributed by atoms with Crippen molar-refractivity contribution in [2.45, 2.75) is 17.6 Å². The molecule has 0 spiro atoms. The predicted octanol–water partition coefficient (Wildman–Crippen LogP) is 4.69. The van der Waals surface area contributed by atoms with Gasteiger partial charge < -0.3 is 11.1 Å². The maximum Gasteiger partial charge on any atom is 0.288 e. The number of nitrogens with one attached hydrogen (secondary N) is 1. The Kier molecular flexibility index (Phi) is 5.14. The number of halogens is 2. The molecule has 6 heteroatoms. The van der Waals surface area contributed by atoms with Crippen LogP contribution in [0.2, 0.25) is 0 Å². The van der Waals surface area contributed by atoms with Gasteiger partial charge in [-0.3, -0.25) is 0 Å². The molecule has 0 atom stereocenters. The first-order valence-corrected chi connectivity index (χ1v) is 7.47.